The van der Waals surface area contributed by atoms with Crippen molar-refractivity contribution in [2.24, 2.45) is 0 Å². The molecule has 0 radical (unpaired) electrons. The Morgan fingerprint density at radius 1 is 0.774 bits per heavy atom. The van der Waals surface area contributed by atoms with Crippen LogP contribution in [-0.4, -0.2) is 30.0 Å². The molecule has 10 heteroatoms. The van der Waals surface area contributed by atoms with Crippen molar-refractivity contribution in [2.45, 2.75) is 0 Å². The summed E-state index contributed by atoms with van der Waals surface area (Å²) in [5, 5.41) is 41.7. The number of H-pyrrole nitrogens is 1. The Morgan fingerprint density at radius 2 is 1.32 bits per heavy atom. The maximum atomic E-state index is 11.0. The average Bonchev–Trinajstić information content (AvgIpc) is 3.19. The minimum atomic E-state index is -0.508. The Bertz CT molecular complexity index is 1220. The van der Waals surface area contributed by atoms with Crippen LogP contribution in [0.1, 0.15) is 0 Å². The van der Waals surface area contributed by atoms with E-state index in [4.69, 9.17) is 0 Å². The molecule has 0 saturated heterocycles. The van der Waals surface area contributed by atoms with Gasteiger partial charge in [-0.1, -0.05) is 0 Å². The highest BCUT2D eigenvalue weighted by molar-refractivity contribution is 5.82. The number of aromatic hydroxyl groups is 2. The van der Waals surface area contributed by atoms with E-state index in [0.717, 1.165) is 0 Å². The highest BCUT2D eigenvalue weighted by atomic mass is 16.6. The average molecular weight is 418 g/mol. The van der Waals surface area contributed by atoms with E-state index >= 15 is 0 Å². The Balaban J connectivity index is 1.87. The molecule has 0 fully saturated rings. The number of nitro benzene ring substituents is 2. The van der Waals surface area contributed by atoms with Crippen molar-refractivity contribution >= 4 is 11.4 Å². The van der Waals surface area contributed by atoms with Gasteiger partial charge in [-0.05, 0) is 36.4 Å². The fourth-order valence-electron chi connectivity index (χ4n) is 3.13. The summed E-state index contributed by atoms with van der Waals surface area (Å²) in [6, 6.07) is 15.7. The third-order valence-corrected chi connectivity index (χ3v) is 4.66. The maximum Gasteiger partial charge on any atom is 0.269 e. The number of nitrogens with one attached hydrogen (secondary N) is 1. The van der Waals surface area contributed by atoms with Gasteiger partial charge in [-0.25, -0.2) is 4.98 Å². The smallest absolute Gasteiger partial charge is 0.269 e. The van der Waals surface area contributed by atoms with Crippen LogP contribution in [0.2, 0.25) is 0 Å². The Labute approximate surface area is 174 Å². The second-order valence-corrected chi connectivity index (χ2v) is 6.62. The first kappa shape index (κ1) is 19.6. The van der Waals surface area contributed by atoms with E-state index in [1.165, 1.54) is 42.5 Å². The van der Waals surface area contributed by atoms with Crippen LogP contribution in [-0.2, 0) is 0 Å². The van der Waals surface area contributed by atoms with Gasteiger partial charge in [-0.3, -0.25) is 20.2 Å². The van der Waals surface area contributed by atoms with E-state index in [1.54, 1.807) is 24.3 Å². The molecule has 0 atom stereocenters. The Hall–Kier alpha value is -4.73. The molecule has 0 unspecified atom stereocenters. The van der Waals surface area contributed by atoms with Gasteiger partial charge in [-0.2, -0.15) is 0 Å². The van der Waals surface area contributed by atoms with Crippen LogP contribution in [0.15, 0.2) is 66.7 Å². The van der Waals surface area contributed by atoms with E-state index in [2.05, 4.69) is 9.97 Å². The summed E-state index contributed by atoms with van der Waals surface area (Å²) < 4.78 is 0. The lowest BCUT2D eigenvalue weighted by molar-refractivity contribution is -0.385. The minimum Gasteiger partial charge on any atom is -0.508 e. The van der Waals surface area contributed by atoms with Crippen LogP contribution in [0, 0.1) is 20.2 Å². The Morgan fingerprint density at radius 3 is 1.84 bits per heavy atom. The van der Waals surface area contributed by atoms with Gasteiger partial charge >= 0.3 is 0 Å². The summed E-state index contributed by atoms with van der Waals surface area (Å²) in [5.74, 6) is -0.0163. The van der Waals surface area contributed by atoms with Gasteiger partial charge in [0.2, 0.25) is 0 Å². The maximum absolute atomic E-state index is 11.0. The number of non-ortho nitro benzene ring substituents is 2. The van der Waals surface area contributed by atoms with Gasteiger partial charge in [0, 0.05) is 41.5 Å². The first-order chi connectivity index (χ1) is 14.8. The SMILES string of the molecule is O=[N+]([O-])c1ccc(-c2nc(-c3ccc(O)cc3O)[nH]c2-c2ccc([N+](=O)[O-])cc2)cc1. The van der Waals surface area contributed by atoms with Crippen molar-refractivity contribution in [3.63, 3.8) is 0 Å². The largest absolute Gasteiger partial charge is 0.508 e. The monoisotopic (exact) mass is 418 g/mol. The molecule has 4 aromatic rings. The van der Waals surface area contributed by atoms with Crippen LogP contribution >= 0.6 is 0 Å². The second-order valence-electron chi connectivity index (χ2n) is 6.62. The topological polar surface area (TPSA) is 155 Å². The molecule has 0 aliphatic carbocycles. The summed E-state index contributed by atoms with van der Waals surface area (Å²) in [5.41, 5.74) is 2.28. The molecule has 4 rings (SSSR count). The standard InChI is InChI=1S/C21H14N4O6/c26-16-9-10-17(18(27)11-16)21-22-19(12-1-5-14(6-2-12)24(28)29)20(23-21)13-3-7-15(8-4-13)25(30)31/h1-11,26-27H,(H,22,23). The minimum absolute atomic E-state index is 0.0726. The molecule has 3 aromatic carbocycles. The number of imidazole rings is 1. The van der Waals surface area contributed by atoms with Crippen LogP contribution in [0.5, 0.6) is 11.5 Å². The van der Waals surface area contributed by atoms with Crippen molar-refractivity contribution < 1.29 is 20.1 Å². The highest BCUT2D eigenvalue weighted by Gasteiger charge is 2.19. The van der Waals surface area contributed by atoms with E-state index in [1.807, 2.05) is 0 Å². The molecule has 10 nitrogen and oxygen atoms in total. The van der Waals surface area contributed by atoms with Crippen LogP contribution < -0.4 is 0 Å². The number of nitro groups is 2. The van der Waals surface area contributed by atoms with Gasteiger partial charge in [0.05, 0.1) is 26.8 Å². The molecule has 154 valence electrons. The van der Waals surface area contributed by atoms with Crippen molar-refractivity contribution in [1.82, 2.24) is 9.97 Å². The molecule has 0 amide bonds. The van der Waals surface area contributed by atoms with E-state index in [9.17, 15) is 30.4 Å². The lowest BCUT2D eigenvalue weighted by atomic mass is 10.0. The fourth-order valence-corrected chi connectivity index (χ4v) is 3.13. The first-order valence-corrected chi connectivity index (χ1v) is 8.95. The van der Waals surface area contributed by atoms with Gasteiger partial charge in [0.15, 0.2) is 0 Å². The first-order valence-electron chi connectivity index (χ1n) is 8.95. The number of hydrogen-bond donors (Lipinski definition) is 3. The fraction of sp³-hybridized carbons (Fsp3) is 0. The molecule has 0 bridgehead atoms. The predicted molar refractivity (Wildman–Crippen MR) is 112 cm³/mol. The zero-order valence-corrected chi connectivity index (χ0v) is 15.7. The third-order valence-electron chi connectivity index (χ3n) is 4.66. The lowest BCUT2D eigenvalue weighted by Gasteiger charge is -2.03. The number of rotatable bonds is 5. The van der Waals surface area contributed by atoms with E-state index in [-0.39, 0.29) is 22.9 Å². The number of aromatic nitrogens is 2. The van der Waals surface area contributed by atoms with Crippen LogP contribution in [0.25, 0.3) is 33.9 Å². The molecule has 0 spiro atoms. The van der Waals surface area contributed by atoms with Crippen molar-refractivity contribution in [3.05, 3.63) is 87.0 Å². The molecule has 1 heterocycles. The molecule has 1 aromatic heterocycles. The number of phenols is 2. The van der Waals surface area contributed by atoms with E-state index < -0.39 is 9.85 Å². The second kappa shape index (κ2) is 7.59. The molecule has 31 heavy (non-hydrogen) atoms. The molecular formula is C21H14N4O6. The molecule has 0 aliphatic rings. The molecular weight excluding hydrogens is 404 g/mol. The van der Waals surface area contributed by atoms with Gasteiger partial charge < -0.3 is 15.2 Å². The summed E-state index contributed by atoms with van der Waals surface area (Å²) in [6.07, 6.45) is 0. The van der Waals surface area contributed by atoms with Crippen molar-refractivity contribution in [3.8, 4) is 45.4 Å². The normalized spacial score (nSPS) is 10.7. The van der Waals surface area contributed by atoms with Crippen LogP contribution in [0.4, 0.5) is 11.4 Å². The quantitative estimate of drug-likeness (QED) is 0.315. The molecule has 3 N–H and O–H groups in total. The van der Waals surface area contributed by atoms with E-state index in [0.29, 0.717) is 33.9 Å². The summed E-state index contributed by atoms with van der Waals surface area (Å²) in [4.78, 5) is 28.6. The number of benzene rings is 3. The van der Waals surface area contributed by atoms with Gasteiger partial charge in [0.1, 0.15) is 17.3 Å². The summed E-state index contributed by atoms with van der Waals surface area (Å²) in [7, 11) is 0. The number of aromatic amines is 1. The zero-order valence-electron chi connectivity index (χ0n) is 15.7. The van der Waals surface area contributed by atoms with Gasteiger partial charge in [0.25, 0.3) is 11.4 Å². The number of phenolic OH excluding ortho intramolecular Hbond substituents is 2. The zero-order chi connectivity index (χ0) is 22.1. The lowest BCUT2D eigenvalue weighted by Crippen LogP contribution is -1.89. The predicted octanol–water partition coefficient (Wildman–Crippen LogP) is 4.64. The highest BCUT2D eigenvalue weighted by Crippen LogP contribution is 2.37. The third kappa shape index (κ3) is 3.77. The summed E-state index contributed by atoms with van der Waals surface area (Å²) in [6.45, 7) is 0. The Kier molecular flexibility index (Phi) is 4.80. The van der Waals surface area contributed by atoms with Gasteiger partial charge in [-0.15, -0.1) is 0 Å². The van der Waals surface area contributed by atoms with Crippen LogP contribution in [0.3, 0.4) is 0 Å². The summed E-state index contributed by atoms with van der Waals surface area (Å²) >= 11 is 0. The molecule has 0 saturated carbocycles. The number of hydrogen-bond acceptors (Lipinski definition) is 7. The number of nitrogens with zero attached hydrogens (tertiary/aromatic N) is 3. The van der Waals surface area contributed by atoms with Crippen molar-refractivity contribution in [2.75, 3.05) is 0 Å². The molecule has 0 aliphatic heterocycles. The van der Waals surface area contributed by atoms with Crippen molar-refractivity contribution in [1.29, 1.82) is 0 Å².